The minimum absolute atomic E-state index is 0.832. The lowest BCUT2D eigenvalue weighted by atomic mass is 10.1. The van der Waals surface area contributed by atoms with Crippen LogP contribution in [-0.2, 0) is 0 Å². The van der Waals surface area contributed by atoms with Crippen molar-refractivity contribution in [3.8, 4) is 0 Å². The van der Waals surface area contributed by atoms with Gasteiger partial charge in [0.15, 0.2) is 0 Å². The molecule has 0 atom stereocenters. The van der Waals surface area contributed by atoms with Gasteiger partial charge in [-0.05, 0) is 25.5 Å². The number of nitrogen functional groups attached to an aromatic ring is 1. The van der Waals surface area contributed by atoms with E-state index in [4.69, 9.17) is 5.73 Å². The van der Waals surface area contributed by atoms with E-state index in [1.54, 1.807) is 0 Å². The molecular formula is C9H11N3. The van der Waals surface area contributed by atoms with Crippen molar-refractivity contribution in [1.82, 2.24) is 9.97 Å². The van der Waals surface area contributed by atoms with Crippen molar-refractivity contribution in [3.63, 3.8) is 0 Å². The zero-order valence-electron chi connectivity index (χ0n) is 7.18. The van der Waals surface area contributed by atoms with Crippen LogP contribution in [0.1, 0.15) is 11.3 Å². The molecule has 0 spiro atoms. The van der Waals surface area contributed by atoms with Crippen molar-refractivity contribution in [1.29, 1.82) is 0 Å². The minimum Gasteiger partial charge on any atom is -0.398 e. The minimum atomic E-state index is 0.832. The first-order chi connectivity index (χ1) is 5.70. The number of pyridine rings is 1. The summed E-state index contributed by atoms with van der Waals surface area (Å²) in [7, 11) is 0. The number of aromatic amines is 1. The van der Waals surface area contributed by atoms with Crippen LogP contribution in [-0.4, -0.2) is 9.97 Å². The molecule has 2 rings (SSSR count). The fourth-order valence-corrected chi connectivity index (χ4v) is 1.32. The second-order valence-corrected chi connectivity index (χ2v) is 2.98. The Morgan fingerprint density at radius 3 is 2.92 bits per heavy atom. The molecule has 0 unspecified atom stereocenters. The maximum atomic E-state index is 5.90. The van der Waals surface area contributed by atoms with E-state index < -0.39 is 0 Å². The Hall–Kier alpha value is -1.51. The summed E-state index contributed by atoms with van der Waals surface area (Å²) in [6.45, 7) is 3.95. The number of aryl methyl sites for hydroxylation is 1. The second kappa shape index (κ2) is 2.24. The number of aromatic nitrogens is 2. The summed E-state index contributed by atoms with van der Waals surface area (Å²) < 4.78 is 0. The smallest absolute Gasteiger partial charge is 0.139 e. The van der Waals surface area contributed by atoms with Crippen LogP contribution >= 0.6 is 0 Å². The lowest BCUT2D eigenvalue weighted by Gasteiger charge is -2.03. The van der Waals surface area contributed by atoms with Gasteiger partial charge >= 0.3 is 0 Å². The molecule has 3 heteroatoms. The molecule has 62 valence electrons. The summed E-state index contributed by atoms with van der Waals surface area (Å²) in [5, 5.41) is 1.01. The van der Waals surface area contributed by atoms with E-state index in [0.29, 0.717) is 0 Å². The van der Waals surface area contributed by atoms with Gasteiger partial charge in [-0.15, -0.1) is 0 Å². The van der Waals surface area contributed by atoms with Gasteiger partial charge in [0.05, 0.1) is 0 Å². The monoisotopic (exact) mass is 161 g/mol. The van der Waals surface area contributed by atoms with Gasteiger partial charge in [-0.3, -0.25) is 0 Å². The summed E-state index contributed by atoms with van der Waals surface area (Å²) in [4.78, 5) is 7.40. The molecule has 2 heterocycles. The molecular weight excluding hydrogens is 150 g/mol. The highest BCUT2D eigenvalue weighted by atomic mass is 14.9. The normalized spacial score (nSPS) is 10.8. The number of fused-ring (bicyclic) bond motifs is 1. The molecule has 12 heavy (non-hydrogen) atoms. The molecule has 0 bridgehead atoms. The molecule has 0 saturated carbocycles. The Morgan fingerprint density at radius 1 is 1.42 bits per heavy atom. The molecule has 3 nitrogen and oxygen atoms in total. The second-order valence-electron chi connectivity index (χ2n) is 2.98. The Balaban J connectivity index is 2.94. The largest absolute Gasteiger partial charge is 0.398 e. The van der Waals surface area contributed by atoms with E-state index >= 15 is 0 Å². The Kier molecular flexibility index (Phi) is 1.33. The van der Waals surface area contributed by atoms with Gasteiger partial charge < -0.3 is 10.7 Å². The molecule has 2 aromatic heterocycles. The van der Waals surface area contributed by atoms with Crippen molar-refractivity contribution < 1.29 is 0 Å². The van der Waals surface area contributed by atoms with Gasteiger partial charge in [-0.2, -0.15) is 0 Å². The van der Waals surface area contributed by atoms with Crippen molar-refractivity contribution in [2.75, 3.05) is 5.73 Å². The van der Waals surface area contributed by atoms with Crippen molar-refractivity contribution >= 4 is 16.7 Å². The average molecular weight is 161 g/mol. The molecule has 0 fully saturated rings. The Bertz CT molecular complexity index is 429. The highest BCUT2D eigenvalue weighted by Crippen LogP contribution is 2.23. The van der Waals surface area contributed by atoms with Crippen LogP contribution in [0.4, 0.5) is 5.69 Å². The Morgan fingerprint density at radius 2 is 2.17 bits per heavy atom. The van der Waals surface area contributed by atoms with E-state index in [0.717, 1.165) is 28.0 Å². The molecule has 0 saturated heterocycles. The maximum absolute atomic E-state index is 5.90. The first-order valence-corrected chi connectivity index (χ1v) is 3.90. The van der Waals surface area contributed by atoms with E-state index in [1.165, 1.54) is 0 Å². The van der Waals surface area contributed by atoms with E-state index in [1.807, 2.05) is 26.1 Å². The van der Waals surface area contributed by atoms with Gasteiger partial charge in [0, 0.05) is 23.0 Å². The van der Waals surface area contributed by atoms with Crippen molar-refractivity contribution in [2.24, 2.45) is 0 Å². The number of H-pyrrole nitrogens is 1. The molecule has 3 N–H and O–H groups in total. The lowest BCUT2D eigenvalue weighted by molar-refractivity contribution is 1.18. The first kappa shape index (κ1) is 7.16. The summed E-state index contributed by atoms with van der Waals surface area (Å²) in [6, 6.07) is 1.95. The lowest BCUT2D eigenvalue weighted by Crippen LogP contribution is -1.96. The van der Waals surface area contributed by atoms with E-state index in [2.05, 4.69) is 9.97 Å². The number of rotatable bonds is 0. The first-order valence-electron chi connectivity index (χ1n) is 3.90. The van der Waals surface area contributed by atoms with Crippen molar-refractivity contribution in [2.45, 2.75) is 13.8 Å². The third kappa shape index (κ3) is 0.794. The summed E-state index contributed by atoms with van der Waals surface area (Å²) in [5.41, 5.74) is 9.67. The number of hydrogen-bond acceptors (Lipinski definition) is 2. The third-order valence-corrected chi connectivity index (χ3v) is 2.24. The average Bonchev–Trinajstić information content (AvgIpc) is 2.48. The van der Waals surface area contributed by atoms with E-state index in [9.17, 15) is 0 Å². The van der Waals surface area contributed by atoms with Crippen LogP contribution in [0.25, 0.3) is 11.0 Å². The zero-order valence-corrected chi connectivity index (χ0v) is 7.18. The standard InChI is InChI=1S/C9H11N3/c1-5-6(2)12-9-7(8(5)10)3-4-11-9/h3-4H,1-2H3,(H3,10,11,12). The number of anilines is 1. The van der Waals surface area contributed by atoms with E-state index in [-0.39, 0.29) is 0 Å². The third-order valence-electron chi connectivity index (χ3n) is 2.24. The fraction of sp³-hybridized carbons (Fsp3) is 0.222. The quantitative estimate of drug-likeness (QED) is 0.618. The highest BCUT2D eigenvalue weighted by Gasteiger charge is 2.05. The van der Waals surface area contributed by atoms with Gasteiger partial charge in [0.1, 0.15) is 5.65 Å². The number of nitrogens with zero attached hydrogens (tertiary/aromatic N) is 1. The predicted molar refractivity (Wildman–Crippen MR) is 50.0 cm³/mol. The van der Waals surface area contributed by atoms with Crippen LogP contribution in [0, 0.1) is 13.8 Å². The predicted octanol–water partition coefficient (Wildman–Crippen LogP) is 1.76. The van der Waals surface area contributed by atoms with Crippen LogP contribution in [0.15, 0.2) is 12.3 Å². The topological polar surface area (TPSA) is 54.7 Å². The van der Waals surface area contributed by atoms with Crippen LogP contribution in [0.2, 0.25) is 0 Å². The van der Waals surface area contributed by atoms with Crippen LogP contribution in [0.3, 0.4) is 0 Å². The van der Waals surface area contributed by atoms with Gasteiger partial charge in [-0.1, -0.05) is 0 Å². The van der Waals surface area contributed by atoms with Crippen molar-refractivity contribution in [3.05, 3.63) is 23.5 Å². The number of nitrogens with two attached hydrogens (primary N) is 1. The summed E-state index contributed by atoms with van der Waals surface area (Å²) in [5.74, 6) is 0. The van der Waals surface area contributed by atoms with Gasteiger partial charge in [-0.25, -0.2) is 4.98 Å². The molecule has 0 radical (unpaired) electrons. The Labute approximate surface area is 70.6 Å². The van der Waals surface area contributed by atoms with Crippen LogP contribution in [0.5, 0.6) is 0 Å². The fourth-order valence-electron chi connectivity index (χ4n) is 1.32. The summed E-state index contributed by atoms with van der Waals surface area (Å²) in [6.07, 6.45) is 1.85. The molecule has 2 aromatic rings. The molecule has 0 amide bonds. The highest BCUT2D eigenvalue weighted by molar-refractivity contribution is 5.90. The number of nitrogens with one attached hydrogen (secondary N) is 1. The molecule has 0 aliphatic rings. The molecule has 0 aliphatic carbocycles. The van der Waals surface area contributed by atoms with Gasteiger partial charge in [0.25, 0.3) is 0 Å². The molecule has 0 aliphatic heterocycles. The zero-order chi connectivity index (χ0) is 8.72. The van der Waals surface area contributed by atoms with Crippen LogP contribution < -0.4 is 5.73 Å². The SMILES string of the molecule is Cc1nc2[nH]ccc2c(N)c1C. The number of hydrogen-bond donors (Lipinski definition) is 2. The molecule has 0 aromatic carbocycles. The maximum Gasteiger partial charge on any atom is 0.139 e. The van der Waals surface area contributed by atoms with Gasteiger partial charge in [0.2, 0.25) is 0 Å². The summed E-state index contributed by atoms with van der Waals surface area (Å²) >= 11 is 0.